The number of hydrogen-bond donors (Lipinski definition) is 0. The molecule has 0 radical (unpaired) electrons. The van der Waals surface area contributed by atoms with Gasteiger partial charge < -0.3 is 4.42 Å². The number of rotatable bonds is 4. The molecule has 0 unspecified atom stereocenters. The normalized spacial score (nSPS) is 11.1. The molecule has 3 nitrogen and oxygen atoms in total. The highest BCUT2D eigenvalue weighted by Crippen LogP contribution is 2.24. The largest absolute Gasteiger partial charge is 0.436 e. The van der Waals surface area contributed by atoms with E-state index in [-0.39, 0.29) is 5.82 Å². The van der Waals surface area contributed by atoms with Crippen molar-refractivity contribution < 1.29 is 13.4 Å². The Morgan fingerprint density at radius 1 is 1.08 bits per heavy atom. The third-order valence-electron chi connectivity index (χ3n) is 4.28. The van der Waals surface area contributed by atoms with Crippen molar-refractivity contribution in [1.82, 2.24) is 4.98 Å². The quantitative estimate of drug-likeness (QED) is 0.514. The Labute approximate surface area is 145 Å². The molecule has 0 bridgehead atoms. The van der Waals surface area contributed by atoms with Gasteiger partial charge in [0.2, 0.25) is 5.89 Å². The molecule has 0 saturated carbocycles. The second kappa shape index (κ2) is 6.48. The summed E-state index contributed by atoms with van der Waals surface area (Å²) in [4.78, 5) is 4.60. The predicted molar refractivity (Wildman–Crippen MR) is 94.5 cm³/mol. The van der Waals surface area contributed by atoms with Crippen molar-refractivity contribution in [2.24, 2.45) is 0 Å². The van der Waals surface area contributed by atoms with Crippen molar-refractivity contribution in [1.29, 1.82) is 0 Å². The molecule has 0 spiro atoms. The van der Waals surface area contributed by atoms with E-state index in [0.29, 0.717) is 18.0 Å². The molecule has 124 valence electrons. The number of oxazole rings is 1. The van der Waals surface area contributed by atoms with E-state index in [1.54, 1.807) is 12.1 Å². The van der Waals surface area contributed by atoms with Crippen LogP contribution in [0.15, 0.2) is 71.4 Å². The first-order valence-corrected chi connectivity index (χ1v) is 8.35. The van der Waals surface area contributed by atoms with Gasteiger partial charge in [-0.2, -0.15) is 4.57 Å². The van der Waals surface area contributed by atoms with Crippen LogP contribution < -0.4 is 4.57 Å². The molecule has 4 aromatic rings. The second-order valence-corrected chi connectivity index (χ2v) is 6.03. The van der Waals surface area contributed by atoms with Crippen LogP contribution in [-0.4, -0.2) is 4.98 Å². The lowest BCUT2D eigenvalue weighted by atomic mass is 10.1. The second-order valence-electron chi connectivity index (χ2n) is 6.03. The van der Waals surface area contributed by atoms with E-state index < -0.39 is 0 Å². The van der Waals surface area contributed by atoms with Gasteiger partial charge in [-0.05, 0) is 42.3 Å². The van der Waals surface area contributed by atoms with E-state index in [2.05, 4.69) is 24.0 Å². The SMILES string of the molecule is CCc1ccc2oc(-c3ccc[n+](Cc4ccccc4F)c3)nc2c1. The molecule has 0 saturated heterocycles. The van der Waals surface area contributed by atoms with Crippen LogP contribution in [0.4, 0.5) is 4.39 Å². The fourth-order valence-corrected chi connectivity index (χ4v) is 2.89. The summed E-state index contributed by atoms with van der Waals surface area (Å²) in [6.07, 6.45) is 4.80. The third-order valence-corrected chi connectivity index (χ3v) is 4.28. The van der Waals surface area contributed by atoms with Crippen molar-refractivity contribution in [3.63, 3.8) is 0 Å². The summed E-state index contributed by atoms with van der Waals surface area (Å²) in [5.74, 6) is 0.375. The van der Waals surface area contributed by atoms with Gasteiger partial charge in [-0.25, -0.2) is 9.37 Å². The number of pyridine rings is 1. The Balaban J connectivity index is 1.68. The molecule has 0 aliphatic carbocycles. The van der Waals surface area contributed by atoms with Gasteiger partial charge in [0, 0.05) is 6.07 Å². The maximum absolute atomic E-state index is 13.9. The Kier molecular flexibility index (Phi) is 4.02. The highest BCUT2D eigenvalue weighted by atomic mass is 19.1. The Bertz CT molecular complexity index is 1040. The van der Waals surface area contributed by atoms with Crippen LogP contribution >= 0.6 is 0 Å². The highest BCUT2D eigenvalue weighted by molar-refractivity contribution is 5.76. The Morgan fingerprint density at radius 2 is 1.96 bits per heavy atom. The molecule has 4 heteroatoms. The third kappa shape index (κ3) is 3.15. The summed E-state index contributed by atoms with van der Waals surface area (Å²) in [6.45, 7) is 2.58. The van der Waals surface area contributed by atoms with E-state index >= 15 is 0 Å². The topological polar surface area (TPSA) is 29.9 Å². The Hall–Kier alpha value is -3.01. The molecule has 0 aliphatic heterocycles. The molecule has 0 fully saturated rings. The maximum atomic E-state index is 13.9. The van der Waals surface area contributed by atoms with Crippen molar-refractivity contribution in [3.05, 3.63) is 83.9 Å². The highest BCUT2D eigenvalue weighted by Gasteiger charge is 2.13. The lowest BCUT2D eigenvalue weighted by Gasteiger charge is -2.00. The van der Waals surface area contributed by atoms with Gasteiger partial charge in [0.1, 0.15) is 16.9 Å². The van der Waals surface area contributed by atoms with Crippen LogP contribution in [0.25, 0.3) is 22.6 Å². The summed E-state index contributed by atoms with van der Waals surface area (Å²) < 4.78 is 21.7. The average molecular weight is 333 g/mol. The van der Waals surface area contributed by atoms with Crippen molar-refractivity contribution in [2.45, 2.75) is 19.9 Å². The van der Waals surface area contributed by atoms with Crippen molar-refractivity contribution >= 4 is 11.1 Å². The maximum Gasteiger partial charge on any atom is 0.233 e. The van der Waals surface area contributed by atoms with Crippen molar-refractivity contribution in [3.8, 4) is 11.5 Å². The summed E-state index contributed by atoms with van der Waals surface area (Å²) >= 11 is 0. The molecule has 25 heavy (non-hydrogen) atoms. The van der Waals surface area contributed by atoms with Crippen LogP contribution in [0, 0.1) is 5.82 Å². The minimum Gasteiger partial charge on any atom is -0.436 e. The molecule has 0 N–H and O–H groups in total. The fraction of sp³-hybridized carbons (Fsp3) is 0.143. The van der Waals surface area contributed by atoms with Crippen LogP contribution in [0.5, 0.6) is 0 Å². The first-order chi connectivity index (χ1) is 12.2. The number of benzene rings is 2. The lowest BCUT2D eigenvalue weighted by Crippen LogP contribution is -2.33. The molecule has 0 atom stereocenters. The number of nitrogens with zero attached hydrogens (tertiary/aromatic N) is 2. The molecule has 0 aliphatic rings. The van der Waals surface area contributed by atoms with Crippen LogP contribution in [0.3, 0.4) is 0 Å². The molecule has 4 rings (SSSR count). The summed E-state index contributed by atoms with van der Waals surface area (Å²) in [7, 11) is 0. The first-order valence-electron chi connectivity index (χ1n) is 8.35. The minimum atomic E-state index is -0.200. The van der Waals surface area contributed by atoms with Crippen molar-refractivity contribution in [2.75, 3.05) is 0 Å². The van der Waals surface area contributed by atoms with Gasteiger partial charge >= 0.3 is 0 Å². The number of hydrogen-bond acceptors (Lipinski definition) is 2. The van der Waals surface area contributed by atoms with E-state index in [4.69, 9.17) is 4.42 Å². The van der Waals surface area contributed by atoms with Gasteiger partial charge in [-0.15, -0.1) is 0 Å². The van der Waals surface area contributed by atoms with Crippen LogP contribution in [0.2, 0.25) is 0 Å². The summed E-state index contributed by atoms with van der Waals surface area (Å²) in [5, 5.41) is 0. The lowest BCUT2D eigenvalue weighted by molar-refractivity contribution is -0.688. The van der Waals surface area contributed by atoms with E-state index in [1.807, 2.05) is 41.2 Å². The monoisotopic (exact) mass is 333 g/mol. The van der Waals surface area contributed by atoms with E-state index in [9.17, 15) is 4.39 Å². The van der Waals surface area contributed by atoms with Gasteiger partial charge in [0.25, 0.3) is 0 Å². The molecular formula is C21H18FN2O+. The number of halogens is 1. The molecular weight excluding hydrogens is 315 g/mol. The minimum absolute atomic E-state index is 0.200. The zero-order chi connectivity index (χ0) is 17.2. The molecule has 2 aromatic heterocycles. The zero-order valence-corrected chi connectivity index (χ0v) is 13.9. The van der Waals surface area contributed by atoms with E-state index in [1.165, 1.54) is 11.6 Å². The summed E-state index contributed by atoms with van der Waals surface area (Å²) in [5.41, 5.74) is 4.38. The first kappa shape index (κ1) is 15.5. The average Bonchev–Trinajstić information content (AvgIpc) is 3.07. The van der Waals surface area contributed by atoms with E-state index in [0.717, 1.165) is 23.1 Å². The zero-order valence-electron chi connectivity index (χ0n) is 13.9. The molecule has 2 aromatic carbocycles. The summed E-state index contributed by atoms with van der Waals surface area (Å²) in [6, 6.07) is 16.7. The van der Waals surface area contributed by atoms with Crippen LogP contribution in [0.1, 0.15) is 18.1 Å². The van der Waals surface area contributed by atoms with Gasteiger partial charge in [0.15, 0.2) is 24.5 Å². The molecule has 2 heterocycles. The predicted octanol–water partition coefficient (Wildman–Crippen LogP) is 4.53. The van der Waals surface area contributed by atoms with Crippen LogP contribution in [-0.2, 0) is 13.0 Å². The molecule has 0 amide bonds. The smallest absolute Gasteiger partial charge is 0.233 e. The number of fused-ring (bicyclic) bond motifs is 1. The van der Waals surface area contributed by atoms with Gasteiger partial charge in [0.05, 0.1) is 5.56 Å². The number of aromatic nitrogens is 2. The fourth-order valence-electron chi connectivity index (χ4n) is 2.89. The number of aryl methyl sites for hydroxylation is 1. The van der Waals surface area contributed by atoms with Gasteiger partial charge in [-0.3, -0.25) is 0 Å². The standard InChI is InChI=1S/C21H18FN2O/c1-2-15-9-10-20-19(12-15)23-21(25-20)17-7-5-11-24(14-17)13-16-6-3-4-8-18(16)22/h3-12,14H,2,13H2,1H3/q+1. The van der Waals surface area contributed by atoms with Gasteiger partial charge in [-0.1, -0.05) is 25.1 Å². The Morgan fingerprint density at radius 3 is 2.80 bits per heavy atom.